The lowest BCUT2D eigenvalue weighted by Gasteiger charge is -2.19. The van der Waals surface area contributed by atoms with E-state index in [1.165, 1.54) is 0 Å². The van der Waals surface area contributed by atoms with E-state index < -0.39 is 58.6 Å². The van der Waals surface area contributed by atoms with Crippen molar-refractivity contribution in [2.45, 2.75) is 18.5 Å². The molecule has 0 heterocycles. The van der Waals surface area contributed by atoms with E-state index in [1.54, 1.807) is 0 Å². The zero-order valence-corrected chi connectivity index (χ0v) is 15.6. The summed E-state index contributed by atoms with van der Waals surface area (Å²) in [5.41, 5.74) is -3.00. The molecule has 31 heavy (non-hydrogen) atoms. The Morgan fingerprint density at radius 3 is 2.32 bits per heavy atom. The van der Waals surface area contributed by atoms with Gasteiger partial charge in [0.25, 0.3) is 11.6 Å². The number of carbonyl (C=O) groups is 1. The van der Waals surface area contributed by atoms with Crippen molar-refractivity contribution in [2.24, 2.45) is 0 Å². The summed E-state index contributed by atoms with van der Waals surface area (Å²) in [6.45, 7) is -2.01. The summed E-state index contributed by atoms with van der Waals surface area (Å²) >= 11 is 5.61. The number of ether oxygens (including phenoxy) is 1. The number of hydrogen-bond donors (Lipinski definition) is 1. The summed E-state index contributed by atoms with van der Waals surface area (Å²) in [5, 5.41) is 12.6. The van der Waals surface area contributed by atoms with Crippen LogP contribution in [0.15, 0.2) is 36.4 Å². The molecule has 1 amide bonds. The summed E-state index contributed by atoms with van der Waals surface area (Å²) in [7, 11) is 0. The minimum atomic E-state index is -5.14. The Bertz CT molecular complexity index is 999. The molecule has 2 rings (SSSR count). The molecule has 1 N–H and O–H groups in total. The highest BCUT2D eigenvalue weighted by molar-refractivity contribution is 6.32. The predicted octanol–water partition coefficient (Wildman–Crippen LogP) is 5.80. The number of alkyl halides is 7. The molecule has 2 aromatic rings. The van der Waals surface area contributed by atoms with E-state index in [0.29, 0.717) is 12.1 Å². The molecule has 0 fully saturated rings. The number of hydrogen-bond acceptors (Lipinski definition) is 4. The zero-order valence-electron chi connectivity index (χ0n) is 14.9. The van der Waals surface area contributed by atoms with Gasteiger partial charge in [-0.2, -0.15) is 22.0 Å². The van der Waals surface area contributed by atoms with E-state index in [9.17, 15) is 45.6 Å². The van der Waals surface area contributed by atoms with E-state index in [0.717, 1.165) is 24.3 Å². The molecule has 0 aromatic heterocycles. The van der Waals surface area contributed by atoms with Gasteiger partial charge in [-0.1, -0.05) is 11.6 Å². The average molecular weight is 475 g/mol. The van der Waals surface area contributed by atoms with Crippen molar-refractivity contribution in [3.63, 3.8) is 0 Å². The maximum Gasteiger partial charge on any atom is 0.420 e. The number of nitro benzene ring substituents is 1. The number of benzene rings is 2. The molecule has 0 radical (unpaired) electrons. The summed E-state index contributed by atoms with van der Waals surface area (Å²) < 4.78 is 94.2. The molecule has 0 atom stereocenters. The van der Waals surface area contributed by atoms with Gasteiger partial charge in [0.05, 0.1) is 10.5 Å². The van der Waals surface area contributed by atoms with Crippen LogP contribution in [-0.4, -0.2) is 29.8 Å². The van der Waals surface area contributed by atoms with Gasteiger partial charge in [-0.3, -0.25) is 14.9 Å². The first kappa shape index (κ1) is 24.2. The van der Waals surface area contributed by atoms with E-state index in [-0.39, 0.29) is 10.6 Å². The minimum Gasteiger partial charge on any atom is -0.486 e. The fourth-order valence-electron chi connectivity index (χ4n) is 2.19. The molecule has 0 saturated heterocycles. The molecule has 14 heteroatoms. The van der Waals surface area contributed by atoms with Crippen molar-refractivity contribution in [3.8, 4) is 5.75 Å². The Morgan fingerprint density at radius 1 is 1.13 bits per heavy atom. The van der Waals surface area contributed by atoms with Crippen molar-refractivity contribution in [2.75, 3.05) is 11.9 Å². The fourth-order valence-corrected chi connectivity index (χ4v) is 2.38. The number of nitrogens with zero attached hydrogens (tertiary/aromatic N) is 1. The van der Waals surface area contributed by atoms with Crippen LogP contribution in [0.1, 0.15) is 15.9 Å². The van der Waals surface area contributed by atoms with E-state index >= 15 is 0 Å². The molecule has 0 spiro atoms. The van der Waals surface area contributed by atoms with Gasteiger partial charge in [-0.15, -0.1) is 0 Å². The Morgan fingerprint density at radius 2 is 1.77 bits per heavy atom. The van der Waals surface area contributed by atoms with Crippen molar-refractivity contribution >= 4 is 28.9 Å². The molecule has 6 nitrogen and oxygen atoms in total. The van der Waals surface area contributed by atoms with Gasteiger partial charge in [0.2, 0.25) is 0 Å². The second-order valence-corrected chi connectivity index (χ2v) is 6.34. The number of rotatable bonds is 7. The second-order valence-electron chi connectivity index (χ2n) is 5.94. The normalized spacial score (nSPS) is 12.0. The predicted molar refractivity (Wildman–Crippen MR) is 93.9 cm³/mol. The number of amides is 1. The molecule has 0 aliphatic rings. The first-order valence-electron chi connectivity index (χ1n) is 7.97. The Balaban J connectivity index is 2.29. The Hall–Kier alpha value is -3.09. The van der Waals surface area contributed by atoms with Gasteiger partial charge >= 0.3 is 18.5 Å². The molecule has 0 saturated carbocycles. The van der Waals surface area contributed by atoms with Crippen molar-refractivity contribution in [1.82, 2.24) is 0 Å². The van der Waals surface area contributed by atoms with Gasteiger partial charge in [-0.25, -0.2) is 8.78 Å². The first-order valence-corrected chi connectivity index (χ1v) is 8.35. The molecular formula is C17H10ClF7N2O4. The zero-order chi connectivity index (χ0) is 23.6. The standard InChI is InChI=1S/C17H10ClF7N2O4/c18-11-3-1-8(5-12(11)27(29)30)14(28)26-9-2-4-13(10(6-9)17(23,24)25)31-7-16(21,22)15(19)20/h1-6,15H,7H2,(H,26,28). The third kappa shape index (κ3) is 5.96. The van der Waals surface area contributed by atoms with Crippen LogP contribution in [0.25, 0.3) is 0 Å². The second kappa shape index (κ2) is 8.96. The molecule has 0 unspecified atom stereocenters. The molecule has 0 aliphatic heterocycles. The maximum atomic E-state index is 13.2. The SMILES string of the molecule is O=C(Nc1ccc(OCC(F)(F)C(F)F)c(C(F)(F)F)c1)c1ccc(Cl)c([N+](=O)[O-])c1. The van der Waals surface area contributed by atoms with E-state index in [1.807, 2.05) is 5.32 Å². The minimum absolute atomic E-state index is 0.275. The van der Waals surface area contributed by atoms with Gasteiger partial charge in [0.15, 0.2) is 6.61 Å². The van der Waals surface area contributed by atoms with Crippen LogP contribution in [0.4, 0.5) is 42.1 Å². The summed E-state index contributed by atoms with van der Waals surface area (Å²) in [6, 6.07) is 4.65. The van der Waals surface area contributed by atoms with Crippen molar-refractivity contribution in [1.29, 1.82) is 0 Å². The van der Waals surface area contributed by atoms with Gasteiger partial charge < -0.3 is 10.1 Å². The monoisotopic (exact) mass is 474 g/mol. The third-order valence-electron chi connectivity index (χ3n) is 3.69. The molecule has 2 aromatic carbocycles. The highest BCUT2D eigenvalue weighted by atomic mass is 35.5. The van der Waals surface area contributed by atoms with Crippen molar-refractivity contribution < 1.29 is 45.2 Å². The number of nitro groups is 1. The first-order chi connectivity index (χ1) is 14.2. The lowest BCUT2D eigenvalue weighted by molar-refractivity contribution is -0.384. The van der Waals surface area contributed by atoms with E-state index in [4.69, 9.17) is 11.6 Å². The topological polar surface area (TPSA) is 81.5 Å². The van der Waals surface area contributed by atoms with Crippen LogP contribution < -0.4 is 10.1 Å². The van der Waals surface area contributed by atoms with Crippen molar-refractivity contribution in [3.05, 3.63) is 62.7 Å². The average Bonchev–Trinajstić information content (AvgIpc) is 2.66. The number of halogens is 8. The smallest absolute Gasteiger partial charge is 0.420 e. The molecule has 0 aliphatic carbocycles. The van der Waals surface area contributed by atoms with Crippen LogP contribution in [-0.2, 0) is 6.18 Å². The number of anilines is 1. The van der Waals surface area contributed by atoms with Gasteiger partial charge in [-0.05, 0) is 30.3 Å². The highest BCUT2D eigenvalue weighted by Gasteiger charge is 2.43. The molecule has 168 valence electrons. The van der Waals surface area contributed by atoms with Crippen LogP contribution in [0.5, 0.6) is 5.75 Å². The third-order valence-corrected chi connectivity index (χ3v) is 4.01. The van der Waals surface area contributed by atoms with Crippen LogP contribution in [0.3, 0.4) is 0 Å². The van der Waals surface area contributed by atoms with Gasteiger partial charge in [0, 0.05) is 17.3 Å². The largest absolute Gasteiger partial charge is 0.486 e. The molecule has 0 bridgehead atoms. The maximum absolute atomic E-state index is 13.2. The van der Waals surface area contributed by atoms with Crippen LogP contribution >= 0.6 is 11.6 Å². The summed E-state index contributed by atoms with van der Waals surface area (Å²) in [4.78, 5) is 22.2. The van der Waals surface area contributed by atoms with Crippen LogP contribution in [0.2, 0.25) is 5.02 Å². The quantitative estimate of drug-likeness (QED) is 0.312. The van der Waals surface area contributed by atoms with Gasteiger partial charge in [0.1, 0.15) is 10.8 Å². The summed E-state index contributed by atoms with van der Waals surface area (Å²) in [6.07, 6.45) is -9.29. The molecular weight excluding hydrogens is 465 g/mol. The Labute approximate surface area is 173 Å². The fraction of sp³-hybridized carbons (Fsp3) is 0.235. The summed E-state index contributed by atoms with van der Waals surface area (Å²) in [5.74, 6) is -6.88. The van der Waals surface area contributed by atoms with Crippen LogP contribution in [0, 0.1) is 10.1 Å². The number of nitrogens with one attached hydrogen (secondary N) is 1. The Kier molecular flexibility index (Phi) is 6.99. The van der Waals surface area contributed by atoms with E-state index in [2.05, 4.69) is 4.74 Å². The lowest BCUT2D eigenvalue weighted by Crippen LogP contribution is -2.34. The number of carbonyl (C=O) groups excluding carboxylic acids is 1. The lowest BCUT2D eigenvalue weighted by atomic mass is 10.1. The highest BCUT2D eigenvalue weighted by Crippen LogP contribution is 2.39.